The molecule has 224 valence electrons. The lowest BCUT2D eigenvalue weighted by molar-refractivity contribution is 0.0602. The number of hydrogen-bond donors (Lipinski definition) is 0. The van der Waals surface area contributed by atoms with Gasteiger partial charge in [0.1, 0.15) is 28.9 Å². The Morgan fingerprint density at radius 3 is 2.43 bits per heavy atom. The molecule has 0 radical (unpaired) electrons. The van der Waals surface area contributed by atoms with Gasteiger partial charge < -0.3 is 19.3 Å². The van der Waals surface area contributed by atoms with Crippen LogP contribution in [-0.4, -0.2) is 66.2 Å². The van der Waals surface area contributed by atoms with Crippen LogP contribution in [-0.2, 0) is 4.74 Å². The van der Waals surface area contributed by atoms with Crippen molar-refractivity contribution in [3.63, 3.8) is 0 Å². The second-order valence-corrected chi connectivity index (χ2v) is 10.4. The van der Waals surface area contributed by atoms with Crippen molar-refractivity contribution >= 4 is 28.3 Å². The molecule has 1 aromatic heterocycles. The minimum Gasteiger partial charge on any atom is -0.494 e. The highest BCUT2D eigenvalue weighted by Crippen LogP contribution is 2.30. The predicted octanol–water partition coefficient (Wildman–Crippen LogP) is 6.12. The Morgan fingerprint density at radius 1 is 0.886 bits per heavy atom. The van der Waals surface area contributed by atoms with E-state index in [2.05, 4.69) is 9.88 Å². The number of halogens is 2. The smallest absolute Gasteiger partial charge is 0.338 e. The number of nitrogens with zero attached hydrogens (tertiary/aromatic N) is 4. The fraction of sp³-hybridized carbons (Fsp3) is 0.206. The van der Waals surface area contributed by atoms with Crippen LogP contribution in [0.5, 0.6) is 5.75 Å². The number of rotatable bonds is 7. The second-order valence-electron chi connectivity index (χ2n) is 10.4. The van der Waals surface area contributed by atoms with Crippen molar-refractivity contribution in [2.45, 2.75) is 6.92 Å². The number of hydrogen-bond acceptors (Lipinski definition) is 6. The largest absolute Gasteiger partial charge is 0.494 e. The minimum atomic E-state index is -0.785. The molecule has 0 atom stereocenters. The van der Waals surface area contributed by atoms with Gasteiger partial charge in [0.2, 0.25) is 0 Å². The molecular weight excluding hydrogens is 566 g/mol. The second kappa shape index (κ2) is 12.2. The molecule has 2 heterocycles. The molecule has 0 bridgehead atoms. The number of anilines is 1. The van der Waals surface area contributed by atoms with E-state index in [1.54, 1.807) is 39.9 Å². The first-order chi connectivity index (χ1) is 21.4. The zero-order valence-corrected chi connectivity index (χ0v) is 24.3. The number of ether oxygens (including phenoxy) is 2. The summed E-state index contributed by atoms with van der Waals surface area (Å²) in [7, 11) is 1.36. The molecule has 1 amide bonds. The van der Waals surface area contributed by atoms with Gasteiger partial charge in [0.15, 0.2) is 0 Å². The summed E-state index contributed by atoms with van der Waals surface area (Å²) in [4.78, 5) is 34.6. The van der Waals surface area contributed by atoms with Crippen LogP contribution in [0.25, 0.3) is 27.8 Å². The third-order valence-electron chi connectivity index (χ3n) is 7.69. The Labute approximate surface area is 253 Å². The number of fused-ring (bicyclic) bond motifs is 1. The lowest BCUT2D eigenvalue weighted by atomic mass is 10.0. The van der Waals surface area contributed by atoms with Crippen LogP contribution in [0.4, 0.5) is 14.5 Å². The average Bonchev–Trinajstić information content (AvgIpc) is 3.49. The Bertz CT molecular complexity index is 1860. The molecule has 6 rings (SSSR count). The maximum Gasteiger partial charge on any atom is 0.338 e. The number of carbonyl (C=O) groups is 2. The zero-order valence-electron chi connectivity index (χ0n) is 24.3. The predicted molar refractivity (Wildman–Crippen MR) is 163 cm³/mol. The van der Waals surface area contributed by atoms with Gasteiger partial charge >= 0.3 is 5.97 Å². The van der Waals surface area contributed by atoms with Gasteiger partial charge in [-0.1, -0.05) is 30.3 Å². The number of esters is 1. The van der Waals surface area contributed by atoms with Crippen molar-refractivity contribution in [3.05, 3.63) is 108 Å². The fourth-order valence-electron chi connectivity index (χ4n) is 5.52. The standard InChI is InChI=1S/C34H30F2N4O4/c1-3-44-26-9-6-8-24(19-26)40-21-31(37-32(40)28-12-11-23(35)18-30(28)36)33(41)39-15-13-38(14-16-39)25-17-22-7-4-5-10-27(22)29(20-25)34(42)43-2/h4-12,17-21H,3,13-16H2,1-2H3. The lowest BCUT2D eigenvalue weighted by Gasteiger charge is -2.36. The summed E-state index contributed by atoms with van der Waals surface area (Å²) >= 11 is 0. The van der Waals surface area contributed by atoms with Crippen LogP contribution >= 0.6 is 0 Å². The van der Waals surface area contributed by atoms with Crippen molar-refractivity contribution in [2.24, 2.45) is 0 Å². The third kappa shape index (κ3) is 5.58. The molecule has 0 N–H and O–H groups in total. The summed E-state index contributed by atoms with van der Waals surface area (Å²) in [6, 6.07) is 21.9. The Kier molecular flexibility index (Phi) is 7.97. The van der Waals surface area contributed by atoms with Crippen LogP contribution in [0.1, 0.15) is 27.8 Å². The van der Waals surface area contributed by atoms with E-state index in [9.17, 15) is 18.4 Å². The van der Waals surface area contributed by atoms with E-state index in [1.807, 2.05) is 43.3 Å². The van der Waals surface area contributed by atoms with Crippen molar-refractivity contribution in [2.75, 3.05) is 44.8 Å². The van der Waals surface area contributed by atoms with Crippen LogP contribution in [0, 0.1) is 11.6 Å². The normalized spacial score (nSPS) is 13.3. The average molecular weight is 597 g/mol. The van der Waals surface area contributed by atoms with Gasteiger partial charge in [0.25, 0.3) is 5.91 Å². The molecule has 0 saturated carbocycles. The van der Waals surface area contributed by atoms with E-state index < -0.39 is 17.6 Å². The third-order valence-corrected chi connectivity index (χ3v) is 7.69. The van der Waals surface area contributed by atoms with Gasteiger partial charge in [-0.3, -0.25) is 9.36 Å². The fourth-order valence-corrected chi connectivity index (χ4v) is 5.52. The van der Waals surface area contributed by atoms with Gasteiger partial charge in [-0.2, -0.15) is 0 Å². The number of carbonyl (C=O) groups excluding carboxylic acids is 2. The molecule has 1 aliphatic heterocycles. The van der Waals surface area contributed by atoms with Crippen molar-refractivity contribution in [1.29, 1.82) is 0 Å². The maximum atomic E-state index is 15.0. The molecule has 5 aromatic rings. The molecule has 44 heavy (non-hydrogen) atoms. The summed E-state index contributed by atoms with van der Waals surface area (Å²) in [5, 5.41) is 1.73. The van der Waals surface area contributed by atoms with Crippen molar-refractivity contribution in [3.8, 4) is 22.8 Å². The highest BCUT2D eigenvalue weighted by molar-refractivity contribution is 6.06. The lowest BCUT2D eigenvalue weighted by Crippen LogP contribution is -2.49. The molecule has 0 unspecified atom stereocenters. The molecule has 1 aliphatic rings. The maximum absolute atomic E-state index is 15.0. The van der Waals surface area contributed by atoms with Gasteiger partial charge in [-0.05, 0) is 54.1 Å². The Morgan fingerprint density at radius 2 is 1.68 bits per heavy atom. The van der Waals surface area contributed by atoms with Crippen LogP contribution in [0.2, 0.25) is 0 Å². The van der Waals surface area contributed by atoms with Crippen LogP contribution in [0.3, 0.4) is 0 Å². The Balaban J connectivity index is 1.28. The van der Waals surface area contributed by atoms with Gasteiger partial charge in [0.05, 0.1) is 30.5 Å². The van der Waals surface area contributed by atoms with Crippen molar-refractivity contribution in [1.82, 2.24) is 14.5 Å². The number of aromatic nitrogens is 2. The summed E-state index contributed by atoms with van der Waals surface area (Å²) < 4.78 is 41.0. The van der Waals surface area contributed by atoms with Crippen LogP contribution < -0.4 is 9.64 Å². The SMILES string of the molecule is CCOc1cccc(-n2cc(C(=O)N3CCN(c4cc(C(=O)OC)c5ccccc5c4)CC3)nc2-c2ccc(F)cc2F)c1. The highest BCUT2D eigenvalue weighted by Gasteiger charge is 2.27. The quantitative estimate of drug-likeness (QED) is 0.211. The first-order valence-corrected chi connectivity index (χ1v) is 14.3. The van der Waals surface area contributed by atoms with E-state index in [4.69, 9.17) is 9.47 Å². The number of amides is 1. The summed E-state index contributed by atoms with van der Waals surface area (Å²) in [5.74, 6) is -1.43. The van der Waals surface area contributed by atoms with Crippen molar-refractivity contribution < 1.29 is 27.8 Å². The molecule has 1 fully saturated rings. The topological polar surface area (TPSA) is 76.9 Å². The summed E-state index contributed by atoms with van der Waals surface area (Å²) in [6.07, 6.45) is 1.57. The molecule has 1 saturated heterocycles. The van der Waals surface area contributed by atoms with E-state index in [-0.39, 0.29) is 23.0 Å². The monoisotopic (exact) mass is 596 g/mol. The van der Waals surface area contributed by atoms with Gasteiger partial charge in [-0.15, -0.1) is 0 Å². The van der Waals surface area contributed by atoms with E-state index >= 15 is 0 Å². The number of benzene rings is 4. The molecule has 10 heteroatoms. The number of imidazole rings is 1. The number of piperazine rings is 1. The summed E-state index contributed by atoms with van der Waals surface area (Å²) in [5.41, 5.74) is 2.17. The highest BCUT2D eigenvalue weighted by atomic mass is 19.1. The van der Waals surface area contributed by atoms with Gasteiger partial charge in [0, 0.05) is 50.2 Å². The molecule has 8 nitrogen and oxygen atoms in total. The molecule has 0 spiro atoms. The van der Waals surface area contributed by atoms with Gasteiger partial charge in [-0.25, -0.2) is 18.6 Å². The zero-order chi connectivity index (χ0) is 30.8. The minimum absolute atomic E-state index is 0.0646. The van der Waals surface area contributed by atoms with E-state index in [1.165, 1.54) is 13.2 Å². The van der Waals surface area contributed by atoms with Crippen LogP contribution in [0.15, 0.2) is 85.1 Å². The Hall–Kier alpha value is -5.25. The van der Waals surface area contributed by atoms with E-state index in [0.717, 1.165) is 28.6 Å². The number of methoxy groups -OCH3 is 1. The molecule has 0 aliphatic carbocycles. The molecule has 4 aromatic carbocycles. The first kappa shape index (κ1) is 28.9. The van der Waals surface area contributed by atoms with E-state index in [0.29, 0.717) is 49.8 Å². The molecular formula is C34H30F2N4O4. The first-order valence-electron chi connectivity index (χ1n) is 14.3. The summed E-state index contributed by atoms with van der Waals surface area (Å²) in [6.45, 7) is 4.21.